The van der Waals surface area contributed by atoms with Gasteiger partial charge >= 0.3 is 11.9 Å². The number of hydrogen-bond donors (Lipinski definition) is 2. The molecule has 0 saturated heterocycles. The third-order valence-electron chi connectivity index (χ3n) is 4.84. The number of nitrogens with zero attached hydrogens (tertiary/aromatic N) is 3. The monoisotopic (exact) mass is 459 g/mol. The van der Waals surface area contributed by atoms with Gasteiger partial charge in [0.05, 0.1) is 25.5 Å². The molecule has 0 aliphatic carbocycles. The summed E-state index contributed by atoms with van der Waals surface area (Å²) < 4.78 is 51.1. The predicted molar refractivity (Wildman–Crippen MR) is 112 cm³/mol. The third kappa shape index (κ3) is 3.86. The van der Waals surface area contributed by atoms with Crippen LogP contribution in [0.25, 0.3) is 28.2 Å². The molecule has 3 N–H and O–H groups in total. The molecule has 2 aromatic carbocycles. The van der Waals surface area contributed by atoms with Gasteiger partial charge in [0.25, 0.3) is 5.91 Å². The zero-order valence-electron chi connectivity index (χ0n) is 17.2. The molecule has 1 amide bonds. The highest BCUT2D eigenvalue weighted by molar-refractivity contribution is 6.02. The molecule has 9 nitrogen and oxygen atoms in total. The summed E-state index contributed by atoms with van der Waals surface area (Å²) in [5, 5.41) is 0. The number of aromatic amines is 1. The Morgan fingerprint density at radius 1 is 1.06 bits per heavy atom. The largest absolute Gasteiger partial charge is 0.493 e. The SMILES string of the molecule is COc1ccc(-n2c(=O)[nH]c3c(C(N)=O)nc(-c4cccc(C(F)(F)F)c4)nc32)cc1OC. The Hall–Kier alpha value is -4.35. The maximum atomic E-state index is 13.2. The van der Waals surface area contributed by atoms with Crippen LogP contribution in [0.15, 0.2) is 47.3 Å². The second-order valence-electron chi connectivity index (χ2n) is 6.84. The zero-order valence-corrected chi connectivity index (χ0v) is 17.2. The van der Waals surface area contributed by atoms with Crippen LogP contribution < -0.4 is 20.9 Å². The Morgan fingerprint density at radius 2 is 1.79 bits per heavy atom. The van der Waals surface area contributed by atoms with Crippen LogP contribution in [0.5, 0.6) is 11.5 Å². The maximum Gasteiger partial charge on any atom is 0.416 e. The number of methoxy groups -OCH3 is 2. The van der Waals surface area contributed by atoms with Gasteiger partial charge < -0.3 is 20.2 Å². The number of halogens is 3. The quantitative estimate of drug-likeness (QED) is 0.473. The van der Waals surface area contributed by atoms with Crippen molar-refractivity contribution >= 4 is 17.1 Å². The van der Waals surface area contributed by atoms with Crippen molar-refractivity contribution in [2.75, 3.05) is 14.2 Å². The van der Waals surface area contributed by atoms with Crippen molar-refractivity contribution in [3.63, 3.8) is 0 Å². The second kappa shape index (κ2) is 7.97. The highest BCUT2D eigenvalue weighted by atomic mass is 19.4. The highest BCUT2D eigenvalue weighted by Crippen LogP contribution is 2.33. The normalized spacial score (nSPS) is 11.5. The molecule has 4 rings (SSSR count). The number of fused-ring (bicyclic) bond motifs is 1. The highest BCUT2D eigenvalue weighted by Gasteiger charge is 2.31. The van der Waals surface area contributed by atoms with E-state index in [2.05, 4.69) is 15.0 Å². The summed E-state index contributed by atoms with van der Waals surface area (Å²) in [4.78, 5) is 35.6. The van der Waals surface area contributed by atoms with E-state index in [9.17, 15) is 22.8 Å². The molecule has 0 aliphatic heterocycles. The average molecular weight is 459 g/mol. The van der Waals surface area contributed by atoms with Crippen LogP contribution in [0.1, 0.15) is 16.1 Å². The number of aromatic nitrogens is 4. The molecule has 4 aromatic rings. The van der Waals surface area contributed by atoms with Crippen molar-refractivity contribution in [1.29, 1.82) is 0 Å². The van der Waals surface area contributed by atoms with Crippen LogP contribution in [0.3, 0.4) is 0 Å². The molecule has 0 bridgehead atoms. The first-order valence-electron chi connectivity index (χ1n) is 9.36. The number of imidazole rings is 1. The molecular weight excluding hydrogens is 443 g/mol. The van der Waals surface area contributed by atoms with Crippen molar-refractivity contribution in [2.45, 2.75) is 6.18 Å². The standard InChI is InChI=1S/C21H16F3N5O4/c1-32-13-7-6-12(9-14(13)33-2)29-19-16(27-20(29)31)15(17(25)30)26-18(28-19)10-4-3-5-11(8-10)21(22,23)24/h3-9H,1-2H3,(H2,25,30)(H,27,31). The Bertz CT molecular complexity index is 1440. The molecule has 0 spiro atoms. The number of nitrogens with two attached hydrogens (primary N) is 1. The van der Waals surface area contributed by atoms with Gasteiger partial charge in [-0.2, -0.15) is 13.2 Å². The first-order valence-corrected chi connectivity index (χ1v) is 9.36. The fourth-order valence-electron chi connectivity index (χ4n) is 3.33. The number of alkyl halides is 3. The lowest BCUT2D eigenvalue weighted by Gasteiger charge is -2.11. The number of carbonyl (C=O) groups is 1. The van der Waals surface area contributed by atoms with E-state index in [4.69, 9.17) is 15.2 Å². The number of ether oxygens (including phenoxy) is 2. The first-order chi connectivity index (χ1) is 15.6. The van der Waals surface area contributed by atoms with Crippen LogP contribution in [-0.4, -0.2) is 39.6 Å². The maximum absolute atomic E-state index is 13.2. The van der Waals surface area contributed by atoms with Crippen LogP contribution in [0.2, 0.25) is 0 Å². The van der Waals surface area contributed by atoms with Gasteiger partial charge in [0, 0.05) is 11.6 Å². The molecule has 2 heterocycles. The lowest BCUT2D eigenvalue weighted by molar-refractivity contribution is -0.137. The summed E-state index contributed by atoms with van der Waals surface area (Å²) in [5.74, 6) is -0.475. The molecule has 33 heavy (non-hydrogen) atoms. The fraction of sp³-hybridized carbons (Fsp3) is 0.143. The Labute approximate surface area is 183 Å². The van der Waals surface area contributed by atoms with Crippen LogP contribution in [0, 0.1) is 0 Å². The Kier molecular flexibility index (Phi) is 5.28. The number of H-pyrrole nitrogens is 1. The number of amides is 1. The zero-order chi connectivity index (χ0) is 23.9. The minimum absolute atomic E-state index is 0.0123. The molecule has 170 valence electrons. The molecule has 0 unspecified atom stereocenters. The summed E-state index contributed by atoms with van der Waals surface area (Å²) >= 11 is 0. The molecule has 0 atom stereocenters. The van der Waals surface area contributed by atoms with Crippen molar-refractivity contribution in [3.05, 3.63) is 64.2 Å². The van der Waals surface area contributed by atoms with Crippen LogP contribution >= 0.6 is 0 Å². The molecule has 0 saturated carbocycles. The van der Waals surface area contributed by atoms with E-state index in [0.29, 0.717) is 17.2 Å². The molecule has 12 heteroatoms. The van der Waals surface area contributed by atoms with Gasteiger partial charge in [0.1, 0.15) is 5.52 Å². The third-order valence-corrected chi connectivity index (χ3v) is 4.84. The minimum atomic E-state index is -4.59. The molecular formula is C21H16F3N5O4. The lowest BCUT2D eigenvalue weighted by Crippen LogP contribution is -2.15. The molecule has 2 aromatic heterocycles. The summed E-state index contributed by atoms with van der Waals surface area (Å²) in [6.07, 6.45) is -4.59. The van der Waals surface area contributed by atoms with E-state index in [0.717, 1.165) is 16.7 Å². The van der Waals surface area contributed by atoms with Gasteiger partial charge in [-0.3, -0.25) is 4.79 Å². The number of nitrogens with one attached hydrogen (secondary N) is 1. The molecule has 0 radical (unpaired) electrons. The number of primary amides is 1. The summed E-state index contributed by atoms with van der Waals surface area (Å²) in [6, 6.07) is 8.89. The predicted octanol–water partition coefficient (Wildman–Crippen LogP) is 2.91. The van der Waals surface area contributed by atoms with Gasteiger partial charge in [-0.1, -0.05) is 12.1 Å². The average Bonchev–Trinajstić information content (AvgIpc) is 3.12. The van der Waals surface area contributed by atoms with Crippen molar-refractivity contribution in [1.82, 2.24) is 19.5 Å². The summed E-state index contributed by atoms with van der Waals surface area (Å²) in [5.41, 5.74) is 3.67. The van der Waals surface area contributed by atoms with Crippen LogP contribution in [0.4, 0.5) is 13.2 Å². The fourth-order valence-corrected chi connectivity index (χ4v) is 3.33. The second-order valence-corrected chi connectivity index (χ2v) is 6.84. The van der Waals surface area contributed by atoms with Gasteiger partial charge in [0.15, 0.2) is 28.7 Å². The van der Waals surface area contributed by atoms with Gasteiger partial charge in [0.2, 0.25) is 0 Å². The number of hydrogen-bond acceptors (Lipinski definition) is 6. The summed E-state index contributed by atoms with van der Waals surface area (Å²) in [6.45, 7) is 0. The van der Waals surface area contributed by atoms with E-state index < -0.39 is 23.3 Å². The Morgan fingerprint density at radius 3 is 2.42 bits per heavy atom. The minimum Gasteiger partial charge on any atom is -0.493 e. The van der Waals surface area contributed by atoms with Crippen molar-refractivity contribution in [2.24, 2.45) is 5.73 Å². The smallest absolute Gasteiger partial charge is 0.416 e. The Balaban J connectivity index is 2.00. The van der Waals surface area contributed by atoms with Crippen molar-refractivity contribution in [3.8, 4) is 28.6 Å². The molecule has 0 aliphatic rings. The molecule has 0 fully saturated rings. The van der Waals surface area contributed by atoms with E-state index in [1.54, 1.807) is 12.1 Å². The number of benzene rings is 2. The van der Waals surface area contributed by atoms with Gasteiger partial charge in [-0.25, -0.2) is 19.3 Å². The van der Waals surface area contributed by atoms with Crippen molar-refractivity contribution < 1.29 is 27.4 Å². The topological polar surface area (TPSA) is 125 Å². The van der Waals surface area contributed by atoms with E-state index in [1.807, 2.05) is 0 Å². The van der Waals surface area contributed by atoms with Gasteiger partial charge in [-0.05, 0) is 24.3 Å². The number of rotatable bonds is 5. The first kappa shape index (κ1) is 21.9. The van der Waals surface area contributed by atoms with Crippen LogP contribution in [-0.2, 0) is 6.18 Å². The van der Waals surface area contributed by atoms with E-state index >= 15 is 0 Å². The van der Waals surface area contributed by atoms with E-state index in [-0.39, 0.29) is 28.2 Å². The number of carbonyl (C=O) groups excluding carboxylic acids is 1. The van der Waals surface area contributed by atoms with Gasteiger partial charge in [-0.15, -0.1) is 0 Å². The lowest BCUT2D eigenvalue weighted by atomic mass is 10.1. The summed E-state index contributed by atoms with van der Waals surface area (Å²) in [7, 11) is 2.86. The van der Waals surface area contributed by atoms with E-state index in [1.165, 1.54) is 32.4 Å².